The summed E-state index contributed by atoms with van der Waals surface area (Å²) in [4.78, 5) is 11.6. The van der Waals surface area contributed by atoms with Crippen molar-refractivity contribution in [1.29, 1.82) is 0 Å². The van der Waals surface area contributed by atoms with Crippen LogP contribution in [0.25, 0.3) is 0 Å². The molecule has 5 heteroatoms. The highest BCUT2D eigenvalue weighted by atomic mass is 32.2. The highest BCUT2D eigenvalue weighted by Crippen LogP contribution is 2.28. The Morgan fingerprint density at radius 1 is 1.31 bits per heavy atom. The molecule has 1 aliphatic heterocycles. The third-order valence-corrected chi connectivity index (χ3v) is 4.35. The first-order valence-electron chi connectivity index (χ1n) is 5.20. The van der Waals surface area contributed by atoms with Crippen molar-refractivity contribution in [1.82, 2.24) is 0 Å². The molecule has 0 aromatic heterocycles. The molecule has 0 bridgehead atoms. The Bertz CT molecular complexity index is 522. The lowest BCUT2D eigenvalue weighted by atomic mass is 10.1. The second-order valence-corrected chi connectivity index (χ2v) is 5.64. The fourth-order valence-corrected chi connectivity index (χ4v) is 3.35. The molecule has 1 aromatic carbocycles. The summed E-state index contributed by atoms with van der Waals surface area (Å²) in [6.45, 7) is 1.94. The number of rotatable bonds is 2. The monoisotopic (exact) mass is 239 g/mol. The Morgan fingerprint density at radius 2 is 2.00 bits per heavy atom. The maximum absolute atomic E-state index is 11.7. The smallest absolute Gasteiger partial charge is 0.242 e. The lowest BCUT2D eigenvalue weighted by molar-refractivity contribution is -0.116. The highest BCUT2D eigenvalue weighted by molar-refractivity contribution is 7.94. The minimum absolute atomic E-state index is 0.0795. The fraction of sp³-hybridized carbons (Fsp3) is 0.364. The van der Waals surface area contributed by atoms with Gasteiger partial charge in [-0.15, -0.1) is 0 Å². The average Bonchev–Trinajstić information content (AvgIpc) is 2.53. The largest absolute Gasteiger partial charge is 0.273 e. The van der Waals surface area contributed by atoms with Crippen LogP contribution in [0.2, 0.25) is 0 Å². The summed E-state index contributed by atoms with van der Waals surface area (Å²) in [6, 6.07) is 7.11. The predicted octanol–water partition coefficient (Wildman–Crippen LogP) is 1.32. The summed E-state index contributed by atoms with van der Waals surface area (Å²) in [6.07, 6.45) is 0.788. The Kier molecular flexibility index (Phi) is 2.71. The molecule has 1 saturated heterocycles. The van der Waals surface area contributed by atoms with Gasteiger partial charge in [0.15, 0.2) is 0 Å². The molecule has 0 atom stereocenters. The molecule has 0 N–H and O–H groups in total. The van der Waals surface area contributed by atoms with Crippen molar-refractivity contribution in [2.75, 3.05) is 10.1 Å². The van der Waals surface area contributed by atoms with Crippen LogP contribution in [0.15, 0.2) is 24.3 Å². The van der Waals surface area contributed by atoms with E-state index in [1.807, 2.05) is 19.1 Å². The van der Waals surface area contributed by atoms with Crippen molar-refractivity contribution >= 4 is 21.6 Å². The summed E-state index contributed by atoms with van der Waals surface area (Å²) in [5.74, 6) is -0.412. The number of carbonyl (C=O) groups is 1. The van der Waals surface area contributed by atoms with E-state index in [4.69, 9.17) is 0 Å². The first-order valence-corrected chi connectivity index (χ1v) is 6.81. The zero-order valence-electron chi connectivity index (χ0n) is 9.01. The molecule has 1 heterocycles. The fourth-order valence-electron chi connectivity index (χ4n) is 1.86. The standard InChI is InChI=1S/C11H13NO3S/c1-2-9-5-3-4-6-10(9)12-11(13)7-8-16(12,14)15/h3-6H,2,7-8H2,1H3. The third-order valence-electron chi connectivity index (χ3n) is 2.67. The zero-order chi connectivity index (χ0) is 11.8. The molecule has 1 aromatic rings. The SMILES string of the molecule is CCc1ccccc1N1C(=O)CCS1(=O)=O. The van der Waals surface area contributed by atoms with Crippen molar-refractivity contribution in [3.63, 3.8) is 0 Å². The average molecular weight is 239 g/mol. The summed E-state index contributed by atoms with van der Waals surface area (Å²) in [7, 11) is -3.44. The van der Waals surface area contributed by atoms with Crippen molar-refractivity contribution in [3.05, 3.63) is 29.8 Å². The minimum Gasteiger partial charge on any atom is -0.273 e. The van der Waals surface area contributed by atoms with Crippen LogP contribution in [0, 0.1) is 0 Å². The number of hydrogen-bond acceptors (Lipinski definition) is 3. The number of amides is 1. The summed E-state index contributed by atoms with van der Waals surface area (Å²) in [5.41, 5.74) is 1.38. The van der Waals surface area contributed by atoms with Gasteiger partial charge in [-0.3, -0.25) is 4.79 Å². The Morgan fingerprint density at radius 3 is 2.56 bits per heavy atom. The molecule has 0 unspecified atom stereocenters. The number of para-hydroxylation sites is 1. The van der Waals surface area contributed by atoms with Gasteiger partial charge < -0.3 is 0 Å². The molecule has 0 saturated carbocycles. The van der Waals surface area contributed by atoms with Gasteiger partial charge >= 0.3 is 0 Å². The number of hydrogen-bond donors (Lipinski definition) is 0. The van der Waals surface area contributed by atoms with Crippen LogP contribution in [0.4, 0.5) is 5.69 Å². The minimum atomic E-state index is -3.44. The van der Waals surface area contributed by atoms with Crippen LogP contribution in [-0.4, -0.2) is 20.1 Å². The number of benzene rings is 1. The van der Waals surface area contributed by atoms with Crippen molar-refractivity contribution < 1.29 is 13.2 Å². The highest BCUT2D eigenvalue weighted by Gasteiger charge is 2.36. The van der Waals surface area contributed by atoms with Crippen LogP contribution < -0.4 is 4.31 Å². The van der Waals surface area contributed by atoms with Crippen LogP contribution in [0.1, 0.15) is 18.9 Å². The van der Waals surface area contributed by atoms with E-state index >= 15 is 0 Å². The number of aryl methyl sites for hydroxylation is 1. The molecule has 0 radical (unpaired) electrons. The Labute approximate surface area is 94.9 Å². The van der Waals surface area contributed by atoms with Gasteiger partial charge in [0, 0.05) is 6.42 Å². The lowest BCUT2D eigenvalue weighted by Gasteiger charge is -2.17. The van der Waals surface area contributed by atoms with Crippen LogP contribution in [-0.2, 0) is 21.2 Å². The quantitative estimate of drug-likeness (QED) is 0.782. The molecule has 1 aliphatic rings. The van der Waals surface area contributed by atoms with E-state index < -0.39 is 10.0 Å². The maximum Gasteiger partial charge on any atom is 0.242 e. The van der Waals surface area contributed by atoms with E-state index in [2.05, 4.69) is 0 Å². The van der Waals surface area contributed by atoms with Gasteiger partial charge in [0.05, 0.1) is 11.4 Å². The van der Waals surface area contributed by atoms with Gasteiger partial charge in [-0.25, -0.2) is 12.7 Å². The van der Waals surface area contributed by atoms with E-state index in [0.717, 1.165) is 9.87 Å². The van der Waals surface area contributed by atoms with Gasteiger partial charge in [-0.2, -0.15) is 0 Å². The van der Waals surface area contributed by atoms with Crippen LogP contribution >= 0.6 is 0 Å². The van der Waals surface area contributed by atoms with Crippen molar-refractivity contribution in [3.8, 4) is 0 Å². The molecule has 4 nitrogen and oxygen atoms in total. The summed E-state index contributed by atoms with van der Waals surface area (Å²) >= 11 is 0. The van der Waals surface area contributed by atoms with Crippen molar-refractivity contribution in [2.45, 2.75) is 19.8 Å². The predicted molar refractivity (Wildman–Crippen MR) is 61.7 cm³/mol. The number of nitrogens with zero attached hydrogens (tertiary/aromatic N) is 1. The maximum atomic E-state index is 11.7. The van der Waals surface area contributed by atoms with Crippen LogP contribution in [0.3, 0.4) is 0 Å². The van der Waals surface area contributed by atoms with E-state index in [9.17, 15) is 13.2 Å². The van der Waals surface area contributed by atoms with E-state index in [1.165, 1.54) is 0 Å². The topological polar surface area (TPSA) is 54.5 Å². The molecule has 2 rings (SSSR count). The summed E-state index contributed by atoms with van der Waals surface area (Å²) in [5, 5.41) is 0. The molecule has 0 aliphatic carbocycles. The van der Waals surface area contributed by atoms with Crippen molar-refractivity contribution in [2.24, 2.45) is 0 Å². The third kappa shape index (κ3) is 1.71. The van der Waals surface area contributed by atoms with E-state index in [-0.39, 0.29) is 18.1 Å². The molecule has 1 fully saturated rings. The molecule has 16 heavy (non-hydrogen) atoms. The number of anilines is 1. The number of carbonyl (C=O) groups excluding carboxylic acids is 1. The van der Waals surface area contributed by atoms with Crippen LogP contribution in [0.5, 0.6) is 0 Å². The number of sulfonamides is 1. The normalized spacial score (nSPS) is 19.1. The lowest BCUT2D eigenvalue weighted by Crippen LogP contribution is -2.30. The molecule has 86 valence electrons. The first-order chi connectivity index (χ1) is 7.56. The second kappa shape index (κ2) is 3.90. The van der Waals surface area contributed by atoms with Gasteiger partial charge in [0.25, 0.3) is 0 Å². The van der Waals surface area contributed by atoms with E-state index in [0.29, 0.717) is 12.1 Å². The van der Waals surface area contributed by atoms with E-state index in [1.54, 1.807) is 12.1 Å². The molecule has 1 amide bonds. The molecular formula is C11H13NO3S. The Balaban J connectivity index is 2.55. The van der Waals surface area contributed by atoms with Gasteiger partial charge in [0.2, 0.25) is 15.9 Å². The first kappa shape index (κ1) is 11.1. The Hall–Kier alpha value is -1.36. The summed E-state index contributed by atoms with van der Waals surface area (Å²) < 4.78 is 24.4. The molecular weight excluding hydrogens is 226 g/mol. The van der Waals surface area contributed by atoms with Gasteiger partial charge in [0.1, 0.15) is 0 Å². The van der Waals surface area contributed by atoms with Gasteiger partial charge in [-0.1, -0.05) is 25.1 Å². The molecule has 0 spiro atoms. The second-order valence-electron chi connectivity index (χ2n) is 3.71. The van der Waals surface area contributed by atoms with Gasteiger partial charge in [-0.05, 0) is 18.1 Å². The zero-order valence-corrected chi connectivity index (χ0v) is 9.83.